The lowest BCUT2D eigenvalue weighted by molar-refractivity contribution is -0.00437. The van der Waals surface area contributed by atoms with E-state index in [0.29, 0.717) is 0 Å². The molecule has 0 N–H and O–H groups in total. The van der Waals surface area contributed by atoms with Crippen molar-refractivity contribution in [1.82, 2.24) is 0 Å². The summed E-state index contributed by atoms with van der Waals surface area (Å²) in [5, 5.41) is 1.72. The first-order valence-electron chi connectivity index (χ1n) is 10.2. The molecule has 0 amide bonds. The largest absolute Gasteiger partial charge is 0.378 e. The average molecular weight is 464 g/mol. The molecule has 0 atom stereocenters. The van der Waals surface area contributed by atoms with Crippen molar-refractivity contribution in [2.24, 2.45) is 0 Å². The zero-order valence-electron chi connectivity index (χ0n) is 17.0. The highest BCUT2D eigenvalue weighted by Crippen LogP contribution is 2.37. The van der Waals surface area contributed by atoms with Crippen LogP contribution in [0, 0.1) is 0 Å². The van der Waals surface area contributed by atoms with E-state index in [1.165, 1.54) is 29.9 Å². The molecule has 3 aromatic rings. The topological polar surface area (TPSA) is 96.8 Å². The molecule has 0 saturated carbocycles. The first-order valence-corrected chi connectivity index (χ1v) is 13.2. The second kappa shape index (κ2) is 8.06. The van der Waals surface area contributed by atoms with Gasteiger partial charge in [-0.1, -0.05) is 42.5 Å². The molecule has 8 heteroatoms. The van der Waals surface area contributed by atoms with Crippen LogP contribution in [0.15, 0.2) is 71.6 Å². The number of hydrogen-bond acceptors (Lipinski definition) is 4. The van der Waals surface area contributed by atoms with Gasteiger partial charge in [-0.2, -0.15) is 13.2 Å². The van der Waals surface area contributed by atoms with Gasteiger partial charge in [-0.05, 0) is 31.0 Å². The molecule has 0 unspecified atom stereocenters. The lowest BCUT2D eigenvalue weighted by Gasteiger charge is -2.16. The highest BCUT2D eigenvalue weighted by molar-refractivity contribution is 7.97. The fourth-order valence-corrected chi connectivity index (χ4v) is 7.86. The van der Waals surface area contributed by atoms with Crippen LogP contribution in [0.3, 0.4) is 0 Å². The molecule has 3 aromatic carbocycles. The van der Waals surface area contributed by atoms with Crippen LogP contribution in [0.4, 0.5) is 0 Å². The summed E-state index contributed by atoms with van der Waals surface area (Å²) in [5.74, 6) is 1.99. The van der Waals surface area contributed by atoms with E-state index in [-0.39, 0.29) is 38.4 Å². The molecule has 6 nitrogen and oxygen atoms in total. The molecular weight excluding hydrogens is 444 g/mol. The van der Waals surface area contributed by atoms with E-state index in [0.717, 1.165) is 28.4 Å². The molecule has 0 spiro atoms. The normalized spacial score (nSPS) is 16.6. The van der Waals surface area contributed by atoms with Crippen molar-refractivity contribution in [1.29, 1.82) is 0 Å². The van der Waals surface area contributed by atoms with E-state index in [2.05, 4.69) is 4.79 Å². The zero-order valence-corrected chi connectivity index (χ0v) is 18.7. The second-order valence-electron chi connectivity index (χ2n) is 7.62. The standard InChI is InChI=1S/C24H19N2O4S2/c25-26-20-15-23(18-9-3-4-10-19(18)24(20)27)32(28,29)30-21-11-12-22(31-13-5-6-14-31)17-8-2-1-7-16(17)21/h1-4,7-12,15H,5-6,13-14H2/q+1. The van der Waals surface area contributed by atoms with Gasteiger partial charge in [0.1, 0.15) is 16.4 Å². The van der Waals surface area contributed by atoms with E-state index in [4.69, 9.17) is 4.18 Å². The molecule has 0 bridgehead atoms. The number of rotatable bonds is 4. The number of nitrogens with zero attached hydrogens (tertiary/aromatic N) is 2. The molecule has 32 heavy (non-hydrogen) atoms. The highest BCUT2D eigenvalue weighted by atomic mass is 32.2. The Morgan fingerprint density at radius 1 is 0.875 bits per heavy atom. The van der Waals surface area contributed by atoms with Crippen LogP contribution < -0.4 is 4.18 Å². The maximum absolute atomic E-state index is 13.3. The van der Waals surface area contributed by atoms with Crippen LogP contribution in [-0.2, 0) is 21.0 Å². The van der Waals surface area contributed by atoms with Crippen molar-refractivity contribution in [3.05, 3.63) is 83.4 Å². The molecule has 2 aliphatic rings. The average Bonchev–Trinajstić information content (AvgIpc) is 3.34. The summed E-state index contributed by atoms with van der Waals surface area (Å²) < 4.78 is 32.3. The summed E-state index contributed by atoms with van der Waals surface area (Å²) in [7, 11) is -4.16. The number of Topliss-reactive ketones (excluding diaryl/α,β-unsaturated/α-hetero) is 1. The number of carbonyl (C=O) groups excluding carboxylic acids is 1. The Hall–Kier alpha value is -3.19. The Kier molecular flexibility index (Phi) is 5.21. The molecule has 0 radical (unpaired) electrons. The summed E-state index contributed by atoms with van der Waals surface area (Å²) in [5.41, 5.74) is 9.24. The Morgan fingerprint density at radius 3 is 2.25 bits per heavy atom. The predicted molar refractivity (Wildman–Crippen MR) is 125 cm³/mol. The predicted octanol–water partition coefficient (Wildman–Crippen LogP) is 4.23. The van der Waals surface area contributed by atoms with Crippen LogP contribution in [0.1, 0.15) is 28.8 Å². The number of hydrogen-bond donors (Lipinski definition) is 0. The molecule has 5 rings (SSSR count). The lowest BCUT2D eigenvalue weighted by Crippen LogP contribution is -2.24. The van der Waals surface area contributed by atoms with Gasteiger partial charge in [-0.15, -0.1) is 0 Å². The van der Waals surface area contributed by atoms with E-state index in [1.54, 1.807) is 18.2 Å². The Labute approximate surface area is 188 Å². The fraction of sp³-hybridized carbons (Fsp3) is 0.167. The minimum Gasteiger partial charge on any atom is -0.378 e. The quantitative estimate of drug-likeness (QED) is 0.250. The van der Waals surface area contributed by atoms with E-state index < -0.39 is 15.9 Å². The lowest BCUT2D eigenvalue weighted by atomic mass is 9.95. The fourth-order valence-electron chi connectivity index (χ4n) is 4.19. The molecular formula is C24H19N2O4S2+. The molecule has 1 aliphatic heterocycles. The van der Waals surface area contributed by atoms with Crippen molar-refractivity contribution in [3.8, 4) is 5.75 Å². The number of benzene rings is 3. The summed E-state index contributed by atoms with van der Waals surface area (Å²) in [4.78, 5) is 16.4. The Bertz CT molecular complexity index is 1450. The van der Waals surface area contributed by atoms with Crippen LogP contribution in [0.25, 0.3) is 21.2 Å². The van der Waals surface area contributed by atoms with Gasteiger partial charge < -0.3 is 9.71 Å². The third-order valence-corrected chi connectivity index (χ3v) is 9.52. The Morgan fingerprint density at radius 2 is 1.53 bits per heavy atom. The number of carbonyl (C=O) groups is 1. The minimum absolute atomic E-state index is 0.146. The SMILES string of the molecule is [N-]=[N+]=C1C=C(S(=O)(=O)Oc2ccc([S+]3CCCC3)c3ccccc23)c2ccccc2C1=O. The monoisotopic (exact) mass is 463 g/mol. The van der Waals surface area contributed by atoms with Gasteiger partial charge in [0.25, 0.3) is 5.78 Å². The molecule has 1 heterocycles. The van der Waals surface area contributed by atoms with Gasteiger partial charge in [0.05, 0.1) is 6.08 Å². The smallest absolute Gasteiger partial charge is 0.364 e. The number of fused-ring (bicyclic) bond motifs is 2. The molecule has 1 fully saturated rings. The third-order valence-electron chi connectivity index (χ3n) is 5.70. The zero-order chi connectivity index (χ0) is 22.3. The van der Waals surface area contributed by atoms with Crippen molar-refractivity contribution in [2.75, 3.05) is 11.5 Å². The number of allylic oxidation sites excluding steroid dienone is 1. The first kappa shape index (κ1) is 20.7. The maximum Gasteiger partial charge on any atom is 0.364 e. The summed E-state index contributed by atoms with van der Waals surface area (Å²) in [6, 6.07) is 17.6. The van der Waals surface area contributed by atoms with Gasteiger partial charge in [0.2, 0.25) is 0 Å². The van der Waals surface area contributed by atoms with Crippen molar-refractivity contribution in [2.45, 2.75) is 17.7 Å². The minimum atomic E-state index is -4.32. The van der Waals surface area contributed by atoms with Gasteiger partial charge in [0.15, 0.2) is 10.6 Å². The Balaban J connectivity index is 1.61. The van der Waals surface area contributed by atoms with E-state index in [1.807, 2.05) is 30.3 Å². The maximum atomic E-state index is 13.3. The second-order valence-corrected chi connectivity index (χ2v) is 11.4. The van der Waals surface area contributed by atoms with Gasteiger partial charge >= 0.3 is 15.8 Å². The molecule has 1 aliphatic carbocycles. The summed E-state index contributed by atoms with van der Waals surface area (Å²) >= 11 is 0. The highest BCUT2D eigenvalue weighted by Gasteiger charge is 2.37. The molecule has 160 valence electrons. The first-order chi connectivity index (χ1) is 15.5. The third kappa shape index (κ3) is 3.46. The van der Waals surface area contributed by atoms with Gasteiger partial charge in [-0.3, -0.25) is 4.79 Å². The van der Waals surface area contributed by atoms with Crippen molar-refractivity contribution >= 4 is 48.2 Å². The van der Waals surface area contributed by atoms with Crippen LogP contribution in [-0.4, -0.2) is 36.2 Å². The molecule has 0 aromatic heterocycles. The molecule has 1 saturated heterocycles. The summed E-state index contributed by atoms with van der Waals surface area (Å²) in [6.45, 7) is 0. The van der Waals surface area contributed by atoms with Crippen LogP contribution in [0.2, 0.25) is 0 Å². The van der Waals surface area contributed by atoms with Crippen LogP contribution >= 0.6 is 0 Å². The van der Waals surface area contributed by atoms with E-state index in [9.17, 15) is 18.7 Å². The van der Waals surface area contributed by atoms with Crippen molar-refractivity contribution in [3.63, 3.8) is 0 Å². The van der Waals surface area contributed by atoms with E-state index >= 15 is 0 Å². The number of ketones is 1. The van der Waals surface area contributed by atoms with Crippen molar-refractivity contribution < 1.29 is 22.2 Å². The van der Waals surface area contributed by atoms with Gasteiger partial charge in [-0.25, -0.2) is 0 Å². The van der Waals surface area contributed by atoms with Crippen LogP contribution in [0.5, 0.6) is 5.75 Å². The summed E-state index contributed by atoms with van der Waals surface area (Å²) in [6.07, 6.45) is 3.48. The van der Waals surface area contributed by atoms with Gasteiger partial charge in [0, 0.05) is 32.8 Å².